The number of aromatic nitrogens is 3. The molecule has 4 fully saturated rings. The summed E-state index contributed by atoms with van der Waals surface area (Å²) in [6, 6.07) is 4.87. The number of rotatable bonds is 7. The van der Waals surface area contributed by atoms with Crippen molar-refractivity contribution in [2.24, 2.45) is 0 Å². The van der Waals surface area contributed by atoms with Gasteiger partial charge in [0.15, 0.2) is 12.6 Å². The van der Waals surface area contributed by atoms with Crippen LogP contribution in [0.3, 0.4) is 0 Å². The predicted molar refractivity (Wildman–Crippen MR) is 205 cm³/mol. The van der Waals surface area contributed by atoms with E-state index in [1.165, 1.54) is 25.3 Å². The zero-order valence-electron chi connectivity index (χ0n) is 32.2. The third-order valence-electron chi connectivity index (χ3n) is 11.7. The van der Waals surface area contributed by atoms with Crippen molar-refractivity contribution in [3.63, 3.8) is 0 Å². The smallest absolute Gasteiger partial charge is 0.410 e. The molecule has 7 heterocycles. The number of halogens is 3. The molecule has 5 aliphatic rings. The summed E-state index contributed by atoms with van der Waals surface area (Å²) in [5.41, 5.74) is -0.664. The molecule has 4 aromatic rings. The van der Waals surface area contributed by atoms with Crippen LogP contribution in [-0.4, -0.2) is 113 Å². The average molecular weight is 785 g/mol. The van der Waals surface area contributed by atoms with Gasteiger partial charge in [0.1, 0.15) is 59.0 Å². The second-order valence-electron chi connectivity index (χ2n) is 16.7. The number of carbonyl (C=O) groups is 1. The molecule has 9 rings (SSSR count). The molecule has 4 saturated heterocycles. The van der Waals surface area contributed by atoms with Crippen molar-refractivity contribution in [3.05, 3.63) is 53.6 Å². The Hall–Kier alpha value is -5.33. The van der Waals surface area contributed by atoms with Gasteiger partial charge in [-0.3, -0.25) is 9.80 Å². The lowest BCUT2D eigenvalue weighted by Gasteiger charge is -2.46. The first-order valence-electron chi connectivity index (χ1n) is 19.1. The van der Waals surface area contributed by atoms with Gasteiger partial charge in [0.05, 0.1) is 29.2 Å². The molecule has 298 valence electrons. The summed E-state index contributed by atoms with van der Waals surface area (Å²) in [5.74, 6) is 1.59. The van der Waals surface area contributed by atoms with E-state index in [4.69, 9.17) is 40.1 Å². The number of nitrogens with zero attached hydrogens (tertiary/aromatic N) is 6. The van der Waals surface area contributed by atoms with Crippen molar-refractivity contribution in [2.75, 3.05) is 51.7 Å². The van der Waals surface area contributed by atoms with Crippen LogP contribution in [0.5, 0.6) is 17.6 Å². The lowest BCUT2D eigenvalue weighted by Crippen LogP contribution is -2.63. The molecule has 57 heavy (non-hydrogen) atoms. The average Bonchev–Trinajstić information content (AvgIpc) is 3.72. The van der Waals surface area contributed by atoms with Crippen LogP contribution in [0.15, 0.2) is 36.4 Å². The number of pyridine rings is 1. The third-order valence-corrected chi connectivity index (χ3v) is 11.7. The number of carbonyl (C=O) groups excluding carboxylic acids is 1. The lowest BCUT2D eigenvalue weighted by atomic mass is 9.93. The lowest BCUT2D eigenvalue weighted by molar-refractivity contribution is 0.00537. The summed E-state index contributed by atoms with van der Waals surface area (Å²) in [4.78, 5) is 33.8. The van der Waals surface area contributed by atoms with E-state index < -0.39 is 41.1 Å². The van der Waals surface area contributed by atoms with Crippen LogP contribution in [0.2, 0.25) is 0 Å². The minimum absolute atomic E-state index is 0.0417. The summed E-state index contributed by atoms with van der Waals surface area (Å²) in [7, 11) is 1.47. The van der Waals surface area contributed by atoms with Crippen molar-refractivity contribution < 1.29 is 41.7 Å². The van der Waals surface area contributed by atoms with Crippen molar-refractivity contribution in [1.29, 1.82) is 0 Å². The van der Waals surface area contributed by atoms with Gasteiger partial charge in [0.25, 0.3) is 0 Å². The number of amides is 1. The molecule has 5 aliphatic heterocycles. The molecule has 0 unspecified atom stereocenters. The molecule has 0 N–H and O–H groups in total. The minimum atomic E-state index is -1.02. The van der Waals surface area contributed by atoms with Gasteiger partial charge < -0.3 is 28.6 Å². The molecule has 2 aromatic carbocycles. The maximum Gasteiger partial charge on any atom is 0.410 e. The van der Waals surface area contributed by atoms with E-state index in [1.54, 1.807) is 11.0 Å². The van der Waals surface area contributed by atoms with Gasteiger partial charge in [0.2, 0.25) is 5.88 Å². The van der Waals surface area contributed by atoms with E-state index in [-0.39, 0.29) is 90.1 Å². The summed E-state index contributed by atoms with van der Waals surface area (Å²) in [6.45, 7) is 10.8. The number of fused-ring (bicyclic) bond motifs is 7. The van der Waals surface area contributed by atoms with Crippen LogP contribution >= 0.6 is 0 Å². The van der Waals surface area contributed by atoms with Gasteiger partial charge >= 0.3 is 12.1 Å². The van der Waals surface area contributed by atoms with Gasteiger partial charge in [-0.1, -0.05) is 24.1 Å². The van der Waals surface area contributed by atoms with Gasteiger partial charge in [0, 0.05) is 44.1 Å². The molecule has 12 nitrogen and oxygen atoms in total. The number of alkyl halides is 1. The van der Waals surface area contributed by atoms with Gasteiger partial charge in [-0.15, -0.1) is 6.42 Å². The predicted octanol–water partition coefficient (Wildman–Crippen LogP) is 6.56. The second-order valence-corrected chi connectivity index (χ2v) is 16.7. The number of methoxy groups -OCH3 is 1. The number of hydrogen-bond donors (Lipinski definition) is 0. The molecule has 0 saturated carbocycles. The molecule has 5 atom stereocenters. The van der Waals surface area contributed by atoms with Crippen LogP contribution in [0.1, 0.15) is 52.0 Å². The van der Waals surface area contributed by atoms with Gasteiger partial charge in [-0.25, -0.2) is 22.9 Å². The monoisotopic (exact) mass is 784 g/mol. The first-order valence-corrected chi connectivity index (χ1v) is 19.1. The number of anilines is 1. The molecule has 15 heteroatoms. The maximum atomic E-state index is 17.6. The van der Waals surface area contributed by atoms with Crippen molar-refractivity contribution in [1.82, 2.24) is 24.8 Å². The fourth-order valence-corrected chi connectivity index (χ4v) is 9.50. The quantitative estimate of drug-likeness (QED) is 0.116. The second kappa shape index (κ2) is 13.7. The van der Waals surface area contributed by atoms with Gasteiger partial charge in [-0.2, -0.15) is 9.97 Å². The van der Waals surface area contributed by atoms with Crippen LogP contribution in [0, 0.1) is 24.0 Å². The van der Waals surface area contributed by atoms with Crippen molar-refractivity contribution >= 4 is 33.6 Å². The number of benzene rings is 2. The molecule has 2 bridgehead atoms. The summed E-state index contributed by atoms with van der Waals surface area (Å²) in [6.07, 6.45) is 6.62. The Morgan fingerprint density at radius 1 is 1.11 bits per heavy atom. The van der Waals surface area contributed by atoms with Crippen LogP contribution < -0.4 is 19.1 Å². The molecular formula is C42H43F3N6O6. The Morgan fingerprint density at radius 2 is 1.93 bits per heavy atom. The fourth-order valence-electron chi connectivity index (χ4n) is 9.50. The van der Waals surface area contributed by atoms with Crippen molar-refractivity contribution in [2.45, 2.75) is 81.9 Å². The normalized spacial score (nSPS) is 25.3. The topological polar surface area (TPSA) is 112 Å². The van der Waals surface area contributed by atoms with E-state index in [1.807, 2.05) is 30.6 Å². The Bertz CT molecular complexity index is 2380. The largest absolute Gasteiger partial charge is 0.475 e. The number of hydrogen-bond acceptors (Lipinski definition) is 11. The van der Waals surface area contributed by atoms with Crippen LogP contribution in [0.25, 0.3) is 32.9 Å². The first-order chi connectivity index (χ1) is 27.3. The molecule has 2 aromatic heterocycles. The van der Waals surface area contributed by atoms with E-state index in [0.717, 1.165) is 12.0 Å². The highest BCUT2D eigenvalue weighted by Crippen LogP contribution is 2.47. The third kappa shape index (κ3) is 6.24. The summed E-state index contributed by atoms with van der Waals surface area (Å²) in [5, 5.41) is 0.938. The SMILES string of the molecule is C#Cc1c(F)ccc2cc(OCOC)cc(-c3nc4c5c(nc(OC[C@]67CC(=C)CN6C[C@H](F)C7)nc5c3F)N3C[C@H]5CC[C@@H]([C@H]3CO4)N5C(=O)OC(C)(C)C)c12. The summed E-state index contributed by atoms with van der Waals surface area (Å²) < 4.78 is 77.3. The molecular weight excluding hydrogens is 741 g/mol. The molecule has 0 spiro atoms. The highest BCUT2D eigenvalue weighted by molar-refractivity contribution is 6.04. The number of terminal acetylenes is 1. The minimum Gasteiger partial charge on any atom is -0.475 e. The standard InChI is InChI=1S/C42H43F3N6O6/c1-7-27-29(44)10-8-23-12-26(56-21-53-6)13-28(32(23)27)35-34(45)36-33-37(48-39(47-36)55-20-42-14-22(2)16-49(42)17-24(43)15-42)50-18-25-9-11-30(31(50)19-54-38(33)46-35)51(25)40(52)57-41(3,4)5/h1,8,10,12-13,24-25,30-31H,2,9,11,14-21H2,3-6H3/t24-,25-,30+,31-,42-/m1/s1. The molecule has 0 radical (unpaired) electrons. The van der Waals surface area contributed by atoms with E-state index in [9.17, 15) is 9.18 Å². The highest BCUT2D eigenvalue weighted by atomic mass is 19.1. The molecule has 1 amide bonds. The molecule has 0 aliphatic carbocycles. The van der Waals surface area contributed by atoms with E-state index >= 15 is 8.78 Å². The number of piperazine rings is 1. The Labute approximate surface area is 327 Å². The number of ether oxygens (including phenoxy) is 5. The highest BCUT2D eigenvalue weighted by Gasteiger charge is 2.53. The first kappa shape index (κ1) is 37.3. The zero-order valence-corrected chi connectivity index (χ0v) is 32.2. The zero-order chi connectivity index (χ0) is 40.0. The Kier molecular flexibility index (Phi) is 8.93. The maximum absolute atomic E-state index is 17.6. The van der Waals surface area contributed by atoms with Gasteiger partial charge in [-0.05, 0) is 63.6 Å². The van der Waals surface area contributed by atoms with Crippen LogP contribution in [-0.2, 0) is 9.47 Å². The fraction of sp³-hybridized carbons (Fsp3) is 0.476. The Morgan fingerprint density at radius 3 is 2.70 bits per heavy atom. The van der Waals surface area contributed by atoms with E-state index in [0.29, 0.717) is 42.9 Å². The van der Waals surface area contributed by atoms with Crippen LogP contribution in [0.4, 0.5) is 23.8 Å². The Balaban J connectivity index is 1.21. The van der Waals surface area contributed by atoms with E-state index in [2.05, 4.69) is 17.5 Å². The van der Waals surface area contributed by atoms with Crippen molar-refractivity contribution in [3.8, 4) is 41.2 Å². The summed E-state index contributed by atoms with van der Waals surface area (Å²) >= 11 is 0.